The summed E-state index contributed by atoms with van der Waals surface area (Å²) in [5.41, 5.74) is 0.224. The summed E-state index contributed by atoms with van der Waals surface area (Å²) in [5.74, 6) is 0.215. The van der Waals surface area contributed by atoms with Crippen molar-refractivity contribution in [3.63, 3.8) is 0 Å². The van der Waals surface area contributed by atoms with E-state index in [0.29, 0.717) is 11.9 Å². The lowest BCUT2D eigenvalue weighted by atomic mass is 10.1. The Balaban J connectivity index is 1.84. The Labute approximate surface area is 119 Å². The van der Waals surface area contributed by atoms with E-state index in [1.165, 1.54) is 45.7 Å². The molecule has 0 radical (unpaired) electrons. The highest BCUT2D eigenvalue weighted by Crippen LogP contribution is 2.10. The average Bonchev–Trinajstić information content (AvgIpc) is 2.48. The van der Waals surface area contributed by atoms with Crippen LogP contribution >= 0.6 is 0 Å². The fourth-order valence-corrected chi connectivity index (χ4v) is 2.44. The average molecular weight is 278 g/mol. The van der Waals surface area contributed by atoms with Gasteiger partial charge in [0.1, 0.15) is 5.82 Å². The Morgan fingerprint density at radius 2 is 2.10 bits per heavy atom. The number of nitrogens with zero attached hydrogens (tertiary/aromatic N) is 3. The first-order valence-corrected chi connectivity index (χ1v) is 7.08. The molecule has 6 nitrogen and oxygen atoms in total. The smallest absolute Gasteiger partial charge is 0.358 e. The first kappa shape index (κ1) is 14.7. The van der Waals surface area contributed by atoms with Crippen molar-refractivity contribution in [1.29, 1.82) is 0 Å². The highest BCUT2D eigenvalue weighted by atomic mass is 16.5. The quantitative estimate of drug-likeness (QED) is 0.824. The molecule has 0 bridgehead atoms. The third-order valence-electron chi connectivity index (χ3n) is 3.42. The molecule has 0 saturated carbocycles. The van der Waals surface area contributed by atoms with E-state index in [0.717, 1.165) is 6.54 Å². The summed E-state index contributed by atoms with van der Waals surface area (Å²) in [5, 5.41) is 3.31. The normalized spacial score (nSPS) is 17.5. The van der Waals surface area contributed by atoms with Crippen LogP contribution < -0.4 is 5.32 Å². The van der Waals surface area contributed by atoms with Gasteiger partial charge in [0.05, 0.1) is 19.5 Å². The van der Waals surface area contributed by atoms with E-state index < -0.39 is 5.97 Å². The molecule has 1 atom stereocenters. The molecule has 2 heterocycles. The highest BCUT2D eigenvalue weighted by Gasteiger charge is 2.14. The van der Waals surface area contributed by atoms with Crippen LogP contribution in [0, 0.1) is 0 Å². The number of anilines is 1. The van der Waals surface area contributed by atoms with Crippen LogP contribution in [0.25, 0.3) is 0 Å². The molecule has 0 spiro atoms. The van der Waals surface area contributed by atoms with Crippen molar-refractivity contribution in [2.75, 3.05) is 32.1 Å². The van der Waals surface area contributed by atoms with Crippen LogP contribution in [0.1, 0.15) is 36.7 Å². The number of hydrogen-bond acceptors (Lipinski definition) is 6. The van der Waals surface area contributed by atoms with Crippen LogP contribution in [-0.2, 0) is 4.74 Å². The fraction of sp³-hybridized carbons (Fsp3) is 0.643. The number of nitrogens with one attached hydrogen (secondary N) is 1. The van der Waals surface area contributed by atoms with Crippen LogP contribution in [0.5, 0.6) is 0 Å². The lowest BCUT2D eigenvalue weighted by Gasteiger charge is -2.29. The van der Waals surface area contributed by atoms with Crippen molar-refractivity contribution in [3.8, 4) is 0 Å². The van der Waals surface area contributed by atoms with Crippen LogP contribution in [0.2, 0.25) is 0 Å². The van der Waals surface area contributed by atoms with E-state index in [1.54, 1.807) is 6.20 Å². The highest BCUT2D eigenvalue weighted by molar-refractivity contribution is 5.86. The summed E-state index contributed by atoms with van der Waals surface area (Å²) < 4.78 is 4.59. The maximum atomic E-state index is 11.3. The van der Waals surface area contributed by atoms with Gasteiger partial charge in [0.25, 0.3) is 0 Å². The Hall–Kier alpha value is -1.69. The zero-order valence-corrected chi connectivity index (χ0v) is 12.1. The molecule has 20 heavy (non-hydrogen) atoms. The van der Waals surface area contributed by atoms with Gasteiger partial charge >= 0.3 is 5.97 Å². The Morgan fingerprint density at radius 1 is 1.35 bits per heavy atom. The fourth-order valence-electron chi connectivity index (χ4n) is 2.44. The van der Waals surface area contributed by atoms with Crippen LogP contribution in [0.4, 0.5) is 5.82 Å². The van der Waals surface area contributed by atoms with Crippen molar-refractivity contribution >= 4 is 11.8 Å². The summed E-state index contributed by atoms with van der Waals surface area (Å²) in [6.45, 7) is 5.49. The topological polar surface area (TPSA) is 67.3 Å². The Kier molecular flexibility index (Phi) is 5.29. The number of methoxy groups -OCH3 is 1. The summed E-state index contributed by atoms with van der Waals surface area (Å²) >= 11 is 0. The van der Waals surface area contributed by atoms with Gasteiger partial charge in [0.15, 0.2) is 5.69 Å². The van der Waals surface area contributed by atoms with Gasteiger partial charge in [0, 0.05) is 12.6 Å². The molecule has 1 aromatic heterocycles. The molecular weight excluding hydrogens is 256 g/mol. The summed E-state index contributed by atoms with van der Waals surface area (Å²) in [6.07, 6.45) is 6.93. The number of aromatic nitrogens is 2. The maximum absolute atomic E-state index is 11.3. The van der Waals surface area contributed by atoms with Gasteiger partial charge in [-0.15, -0.1) is 0 Å². The monoisotopic (exact) mass is 278 g/mol. The number of carbonyl (C=O) groups excluding carboxylic acids is 1. The van der Waals surface area contributed by atoms with Crippen molar-refractivity contribution in [3.05, 3.63) is 18.1 Å². The third kappa shape index (κ3) is 4.16. The molecule has 1 aliphatic rings. The molecule has 0 aromatic carbocycles. The predicted molar refractivity (Wildman–Crippen MR) is 76.7 cm³/mol. The second-order valence-electron chi connectivity index (χ2n) is 5.19. The van der Waals surface area contributed by atoms with E-state index in [-0.39, 0.29) is 5.69 Å². The number of esters is 1. The molecular formula is C14H22N4O2. The third-order valence-corrected chi connectivity index (χ3v) is 3.42. The molecule has 0 amide bonds. The van der Waals surface area contributed by atoms with E-state index in [9.17, 15) is 4.79 Å². The summed E-state index contributed by atoms with van der Waals surface area (Å²) in [7, 11) is 1.33. The van der Waals surface area contributed by atoms with Crippen molar-refractivity contribution in [1.82, 2.24) is 14.9 Å². The molecule has 110 valence electrons. The molecule has 2 rings (SSSR count). The zero-order valence-electron chi connectivity index (χ0n) is 12.1. The van der Waals surface area contributed by atoms with Gasteiger partial charge in [-0.25, -0.2) is 14.8 Å². The van der Waals surface area contributed by atoms with E-state index in [4.69, 9.17) is 0 Å². The van der Waals surface area contributed by atoms with Crippen molar-refractivity contribution < 1.29 is 9.53 Å². The van der Waals surface area contributed by atoms with E-state index in [1.807, 2.05) is 0 Å². The van der Waals surface area contributed by atoms with Crippen LogP contribution in [0.15, 0.2) is 12.4 Å². The SMILES string of the molecule is COC(=O)c1cnc(NC(C)CN2CCCCC2)cn1. The first-order chi connectivity index (χ1) is 9.69. The van der Waals surface area contributed by atoms with Gasteiger partial charge in [0.2, 0.25) is 0 Å². The number of likely N-dealkylation sites (tertiary alicyclic amines) is 1. The molecule has 1 aliphatic heterocycles. The summed E-state index contributed by atoms with van der Waals surface area (Å²) in [4.78, 5) is 22.0. The van der Waals surface area contributed by atoms with Crippen molar-refractivity contribution in [2.45, 2.75) is 32.2 Å². The molecule has 1 unspecified atom stereocenters. The minimum Gasteiger partial charge on any atom is -0.464 e. The number of ether oxygens (including phenoxy) is 1. The molecule has 0 aliphatic carbocycles. The predicted octanol–water partition coefficient (Wildman–Crippen LogP) is 1.55. The minimum atomic E-state index is -0.467. The van der Waals surface area contributed by atoms with Gasteiger partial charge in [-0.2, -0.15) is 0 Å². The van der Waals surface area contributed by atoms with Crippen molar-refractivity contribution in [2.24, 2.45) is 0 Å². The molecule has 1 N–H and O–H groups in total. The number of rotatable bonds is 5. The summed E-state index contributed by atoms with van der Waals surface area (Å²) in [6, 6.07) is 0.298. The zero-order chi connectivity index (χ0) is 14.4. The first-order valence-electron chi connectivity index (χ1n) is 7.08. The van der Waals surface area contributed by atoms with Gasteiger partial charge in [-0.1, -0.05) is 6.42 Å². The van der Waals surface area contributed by atoms with Gasteiger partial charge in [-0.3, -0.25) is 0 Å². The molecule has 1 saturated heterocycles. The van der Waals surface area contributed by atoms with Gasteiger partial charge < -0.3 is 15.0 Å². The molecule has 1 fully saturated rings. The lowest BCUT2D eigenvalue weighted by Crippen LogP contribution is -2.38. The van der Waals surface area contributed by atoms with Crippen LogP contribution in [-0.4, -0.2) is 53.6 Å². The standard InChI is InChI=1S/C14H22N4O2/c1-11(10-18-6-4-3-5-7-18)17-13-9-15-12(8-16-13)14(19)20-2/h8-9,11H,3-7,10H2,1-2H3,(H,16,17). The maximum Gasteiger partial charge on any atom is 0.358 e. The number of carbonyl (C=O) groups is 1. The van der Waals surface area contributed by atoms with Gasteiger partial charge in [-0.05, 0) is 32.9 Å². The Bertz CT molecular complexity index is 429. The second kappa shape index (κ2) is 7.19. The Morgan fingerprint density at radius 3 is 2.70 bits per heavy atom. The van der Waals surface area contributed by atoms with E-state index in [2.05, 4.69) is 31.8 Å². The molecule has 6 heteroatoms. The minimum absolute atomic E-state index is 0.224. The lowest BCUT2D eigenvalue weighted by molar-refractivity contribution is 0.0593. The number of piperidine rings is 1. The van der Waals surface area contributed by atoms with E-state index >= 15 is 0 Å². The van der Waals surface area contributed by atoms with Crippen LogP contribution in [0.3, 0.4) is 0 Å². The second-order valence-corrected chi connectivity index (χ2v) is 5.19. The largest absolute Gasteiger partial charge is 0.464 e. The molecule has 1 aromatic rings. The number of hydrogen-bond donors (Lipinski definition) is 1.